The van der Waals surface area contributed by atoms with Gasteiger partial charge in [0.2, 0.25) is 17.0 Å². The van der Waals surface area contributed by atoms with Crippen molar-refractivity contribution in [2.45, 2.75) is 45.3 Å². The first-order valence-electron chi connectivity index (χ1n) is 8.61. The summed E-state index contributed by atoms with van der Waals surface area (Å²) >= 11 is 1.25. The van der Waals surface area contributed by atoms with E-state index in [1.165, 1.54) is 16.7 Å². The third-order valence-corrected chi connectivity index (χ3v) is 4.64. The van der Waals surface area contributed by atoms with Crippen LogP contribution in [-0.2, 0) is 9.59 Å². The number of benzene rings is 1. The van der Waals surface area contributed by atoms with E-state index in [9.17, 15) is 9.59 Å². The molecule has 0 radical (unpaired) electrons. The summed E-state index contributed by atoms with van der Waals surface area (Å²) in [7, 11) is 1.61. The normalized spacial score (nSPS) is 11.3. The van der Waals surface area contributed by atoms with E-state index in [0.29, 0.717) is 5.16 Å². The molecule has 2 aromatic rings. The Hall–Kier alpha value is -2.42. The number of rotatable bonds is 6. The summed E-state index contributed by atoms with van der Waals surface area (Å²) in [5.41, 5.74) is 2.68. The van der Waals surface area contributed by atoms with Crippen LogP contribution in [0.5, 0.6) is 0 Å². The molecule has 0 fully saturated rings. The van der Waals surface area contributed by atoms with Gasteiger partial charge in [-0.3, -0.25) is 9.59 Å². The number of hydrogen-bond acceptors (Lipinski definition) is 6. The van der Waals surface area contributed by atoms with Gasteiger partial charge in [0, 0.05) is 12.6 Å². The lowest BCUT2D eigenvalue weighted by Crippen LogP contribution is -2.46. The number of amides is 2. The fourth-order valence-electron chi connectivity index (χ4n) is 2.55. The lowest BCUT2D eigenvalue weighted by atomic mass is 10.1. The van der Waals surface area contributed by atoms with Gasteiger partial charge in [-0.15, -0.1) is 5.10 Å². The molecule has 0 atom stereocenters. The van der Waals surface area contributed by atoms with Crippen LogP contribution in [0.25, 0.3) is 5.69 Å². The quantitative estimate of drug-likeness (QED) is 0.756. The lowest BCUT2D eigenvalue weighted by Gasteiger charge is -2.23. The first-order valence-corrected chi connectivity index (χ1v) is 9.60. The van der Waals surface area contributed by atoms with Gasteiger partial charge >= 0.3 is 0 Å². The van der Waals surface area contributed by atoms with E-state index in [1.807, 2.05) is 52.8 Å². The zero-order valence-corrected chi connectivity index (χ0v) is 17.4. The van der Waals surface area contributed by atoms with Crippen LogP contribution >= 0.6 is 11.8 Å². The van der Waals surface area contributed by atoms with E-state index in [-0.39, 0.29) is 29.7 Å². The minimum absolute atomic E-state index is 0.0124. The van der Waals surface area contributed by atoms with Crippen LogP contribution in [0.4, 0.5) is 0 Å². The zero-order chi connectivity index (χ0) is 20.2. The van der Waals surface area contributed by atoms with Crippen molar-refractivity contribution in [3.05, 3.63) is 29.3 Å². The number of aryl methyl sites for hydroxylation is 2. The van der Waals surface area contributed by atoms with Crippen molar-refractivity contribution in [1.29, 1.82) is 0 Å². The molecule has 0 aliphatic rings. The van der Waals surface area contributed by atoms with Crippen molar-refractivity contribution < 1.29 is 9.59 Å². The maximum absolute atomic E-state index is 12.4. The fraction of sp³-hybridized carbons (Fsp3) is 0.500. The summed E-state index contributed by atoms with van der Waals surface area (Å²) in [4.78, 5) is 25.7. The fourth-order valence-corrected chi connectivity index (χ4v) is 3.36. The number of carbonyl (C=O) groups is 2. The topological polar surface area (TPSA) is 93.0 Å². The Bertz CT molecular complexity index is 807. The first kappa shape index (κ1) is 20.9. The van der Waals surface area contributed by atoms with Gasteiger partial charge in [0.25, 0.3) is 0 Å². The van der Waals surface area contributed by atoms with Crippen molar-refractivity contribution in [1.82, 2.24) is 30.4 Å². The predicted octanol–water partition coefficient (Wildman–Crippen LogP) is 1.74. The smallest absolute Gasteiger partial charge is 0.240 e. The van der Waals surface area contributed by atoms with Gasteiger partial charge in [-0.1, -0.05) is 30.0 Å². The molecule has 0 saturated carbocycles. The molecule has 0 saturated heterocycles. The van der Waals surface area contributed by atoms with Gasteiger partial charge in [0.05, 0.1) is 18.0 Å². The largest absolute Gasteiger partial charge is 0.350 e. The van der Waals surface area contributed by atoms with Crippen LogP contribution in [-0.4, -0.2) is 61.8 Å². The molecule has 9 heteroatoms. The van der Waals surface area contributed by atoms with E-state index in [0.717, 1.165) is 16.8 Å². The number of carbonyl (C=O) groups excluding carboxylic acids is 2. The molecule has 0 aliphatic heterocycles. The summed E-state index contributed by atoms with van der Waals surface area (Å²) in [6.45, 7) is 9.69. The molecule has 1 aromatic heterocycles. The van der Waals surface area contributed by atoms with Crippen LogP contribution in [0.3, 0.4) is 0 Å². The zero-order valence-electron chi connectivity index (χ0n) is 16.6. The number of nitrogens with zero attached hydrogens (tertiary/aromatic N) is 5. The second-order valence-corrected chi connectivity index (χ2v) is 8.39. The van der Waals surface area contributed by atoms with Crippen molar-refractivity contribution >= 4 is 23.6 Å². The highest BCUT2D eigenvalue weighted by Gasteiger charge is 2.19. The van der Waals surface area contributed by atoms with E-state index in [4.69, 9.17) is 0 Å². The molecule has 1 aromatic carbocycles. The van der Waals surface area contributed by atoms with Crippen LogP contribution in [0.15, 0.2) is 23.4 Å². The molecule has 2 amide bonds. The second kappa shape index (κ2) is 8.51. The number of likely N-dealkylation sites (N-methyl/N-ethyl adjacent to an activating group) is 1. The van der Waals surface area contributed by atoms with Crippen LogP contribution < -0.4 is 5.32 Å². The highest BCUT2D eigenvalue weighted by molar-refractivity contribution is 7.99. The van der Waals surface area contributed by atoms with Crippen molar-refractivity contribution in [3.8, 4) is 5.69 Å². The molecule has 0 bridgehead atoms. The highest BCUT2D eigenvalue weighted by atomic mass is 32.2. The molecule has 0 unspecified atom stereocenters. The number of nitrogens with one attached hydrogen (secondary N) is 1. The molecule has 2 rings (SSSR count). The SMILES string of the molecule is Cc1cccc(C)c1-n1nnnc1SCC(=O)N(C)CC(=O)NC(C)(C)C. The highest BCUT2D eigenvalue weighted by Crippen LogP contribution is 2.23. The minimum atomic E-state index is -0.330. The first-order chi connectivity index (χ1) is 12.6. The van der Waals surface area contributed by atoms with Gasteiger partial charge in [0.15, 0.2) is 0 Å². The number of aromatic nitrogens is 4. The summed E-state index contributed by atoms with van der Waals surface area (Å²) in [5.74, 6) is -0.214. The monoisotopic (exact) mass is 390 g/mol. The Morgan fingerprint density at radius 2 is 1.85 bits per heavy atom. The maximum Gasteiger partial charge on any atom is 0.240 e. The van der Waals surface area contributed by atoms with Gasteiger partial charge in [-0.2, -0.15) is 4.68 Å². The minimum Gasteiger partial charge on any atom is -0.350 e. The van der Waals surface area contributed by atoms with Crippen molar-refractivity contribution in [3.63, 3.8) is 0 Å². The summed E-state index contributed by atoms with van der Waals surface area (Å²) in [6, 6.07) is 5.96. The summed E-state index contributed by atoms with van der Waals surface area (Å²) < 4.78 is 1.65. The van der Waals surface area contributed by atoms with E-state index >= 15 is 0 Å². The van der Waals surface area contributed by atoms with Gasteiger partial charge < -0.3 is 10.2 Å². The van der Waals surface area contributed by atoms with E-state index in [1.54, 1.807) is 11.7 Å². The lowest BCUT2D eigenvalue weighted by molar-refractivity contribution is -0.133. The molecular weight excluding hydrogens is 364 g/mol. The summed E-state index contributed by atoms with van der Waals surface area (Å²) in [6.07, 6.45) is 0. The molecule has 1 heterocycles. The van der Waals surface area contributed by atoms with Crippen LogP contribution in [0.2, 0.25) is 0 Å². The Morgan fingerprint density at radius 1 is 1.22 bits per heavy atom. The van der Waals surface area contributed by atoms with Crippen LogP contribution in [0, 0.1) is 13.8 Å². The Labute approximate surface area is 163 Å². The molecule has 8 nitrogen and oxygen atoms in total. The third kappa shape index (κ3) is 5.78. The second-order valence-electron chi connectivity index (χ2n) is 7.45. The molecule has 1 N–H and O–H groups in total. The standard InChI is InChI=1S/C18H26N6O2S/c1-12-8-7-9-13(2)16(12)24-17(20-21-22-24)27-11-15(26)23(6)10-14(25)19-18(3,4)5/h7-9H,10-11H2,1-6H3,(H,19,25). The van der Waals surface area contributed by atoms with Crippen molar-refractivity contribution in [2.75, 3.05) is 19.3 Å². The molecule has 0 aliphatic carbocycles. The molecule has 0 spiro atoms. The van der Waals surface area contributed by atoms with Gasteiger partial charge in [-0.05, 0) is 56.2 Å². The average Bonchev–Trinajstić information content (AvgIpc) is 2.98. The number of hydrogen-bond donors (Lipinski definition) is 1. The van der Waals surface area contributed by atoms with E-state index < -0.39 is 0 Å². The molecule has 146 valence electrons. The summed E-state index contributed by atoms with van der Waals surface area (Å²) in [5, 5.41) is 15.2. The Morgan fingerprint density at radius 3 is 2.44 bits per heavy atom. The molecular formula is C18H26N6O2S. The van der Waals surface area contributed by atoms with Crippen molar-refractivity contribution in [2.24, 2.45) is 0 Å². The van der Waals surface area contributed by atoms with Crippen LogP contribution in [0.1, 0.15) is 31.9 Å². The number of tetrazole rings is 1. The van der Waals surface area contributed by atoms with Gasteiger partial charge in [0.1, 0.15) is 0 Å². The average molecular weight is 391 g/mol. The Balaban J connectivity index is 2.01. The third-order valence-electron chi connectivity index (χ3n) is 3.74. The number of para-hydroxylation sites is 1. The predicted molar refractivity (Wildman–Crippen MR) is 105 cm³/mol. The number of thioether (sulfide) groups is 1. The Kier molecular flexibility index (Phi) is 6.59. The maximum atomic E-state index is 12.4. The molecule has 27 heavy (non-hydrogen) atoms. The van der Waals surface area contributed by atoms with E-state index in [2.05, 4.69) is 20.8 Å². The van der Waals surface area contributed by atoms with Gasteiger partial charge in [-0.25, -0.2) is 0 Å².